The lowest BCUT2D eigenvalue weighted by molar-refractivity contribution is 0.210. The van der Waals surface area contributed by atoms with Crippen LogP contribution < -0.4 is 10.9 Å². The van der Waals surface area contributed by atoms with E-state index in [-0.39, 0.29) is 5.56 Å². The van der Waals surface area contributed by atoms with Gasteiger partial charge in [-0.05, 0) is 55.5 Å². The van der Waals surface area contributed by atoms with Crippen LogP contribution in [0.5, 0.6) is 0 Å². The molecule has 0 bridgehead atoms. The van der Waals surface area contributed by atoms with Crippen molar-refractivity contribution < 1.29 is 4.74 Å². The van der Waals surface area contributed by atoms with Gasteiger partial charge in [0.2, 0.25) is 0 Å². The summed E-state index contributed by atoms with van der Waals surface area (Å²) in [5.74, 6) is 0.796. The number of aromatic amines is 1. The van der Waals surface area contributed by atoms with Crippen molar-refractivity contribution >= 4 is 22.4 Å². The van der Waals surface area contributed by atoms with Crippen molar-refractivity contribution in [1.29, 1.82) is 0 Å². The van der Waals surface area contributed by atoms with E-state index in [2.05, 4.69) is 29.4 Å². The molecule has 0 atom stereocenters. The third-order valence-electron chi connectivity index (χ3n) is 4.91. The predicted octanol–water partition coefficient (Wildman–Crippen LogP) is 3.83. The van der Waals surface area contributed by atoms with E-state index < -0.39 is 0 Å². The number of imidazole rings is 1. The minimum absolute atomic E-state index is 0.144. The van der Waals surface area contributed by atoms with Crippen LogP contribution in [0.3, 0.4) is 0 Å². The van der Waals surface area contributed by atoms with Gasteiger partial charge in [-0.2, -0.15) is 0 Å². The van der Waals surface area contributed by atoms with Gasteiger partial charge in [0.25, 0.3) is 5.56 Å². The fourth-order valence-corrected chi connectivity index (χ4v) is 3.64. The predicted molar refractivity (Wildman–Crippen MR) is 113 cm³/mol. The number of aryl methyl sites for hydroxylation is 3. The van der Waals surface area contributed by atoms with Gasteiger partial charge in [0.1, 0.15) is 17.2 Å². The monoisotopic (exact) mass is 376 g/mol. The largest absolute Gasteiger partial charge is 0.383 e. The van der Waals surface area contributed by atoms with Crippen LogP contribution in [0.2, 0.25) is 0 Å². The summed E-state index contributed by atoms with van der Waals surface area (Å²) in [5, 5.41) is 4.39. The van der Waals surface area contributed by atoms with Crippen LogP contribution in [0.4, 0.5) is 5.82 Å². The standard InChI is InChI=1S/C22H24N4O2/c1-13-5-6-18-24-20(21(26(18)12-13)23-7-8-28-4)17-11-16-10-14(2)9-15(3)19(16)25-22(17)27/h5-6,9-12,23H,7-8H2,1-4H3,(H,25,27). The molecule has 1 aromatic carbocycles. The zero-order chi connectivity index (χ0) is 19.8. The molecule has 0 fully saturated rings. The van der Waals surface area contributed by atoms with Gasteiger partial charge in [0.15, 0.2) is 0 Å². The van der Waals surface area contributed by atoms with E-state index in [1.807, 2.05) is 42.6 Å². The van der Waals surface area contributed by atoms with E-state index in [0.717, 1.165) is 39.1 Å². The number of fused-ring (bicyclic) bond motifs is 2. The van der Waals surface area contributed by atoms with Crippen LogP contribution in [0.1, 0.15) is 16.7 Å². The van der Waals surface area contributed by atoms with Gasteiger partial charge in [-0.25, -0.2) is 4.98 Å². The number of rotatable bonds is 5. The number of hydrogen-bond donors (Lipinski definition) is 2. The summed E-state index contributed by atoms with van der Waals surface area (Å²) in [6.45, 7) is 7.28. The Balaban J connectivity index is 1.96. The first-order valence-corrected chi connectivity index (χ1v) is 9.34. The first kappa shape index (κ1) is 18.3. The maximum Gasteiger partial charge on any atom is 0.258 e. The molecule has 0 spiro atoms. The molecule has 0 aliphatic rings. The summed E-state index contributed by atoms with van der Waals surface area (Å²) in [6.07, 6.45) is 2.02. The number of methoxy groups -OCH3 is 1. The fraction of sp³-hybridized carbons (Fsp3) is 0.273. The van der Waals surface area contributed by atoms with Gasteiger partial charge in [0, 0.05) is 19.9 Å². The second kappa shape index (κ2) is 7.13. The highest BCUT2D eigenvalue weighted by molar-refractivity contribution is 5.88. The number of nitrogens with one attached hydrogen (secondary N) is 2. The van der Waals surface area contributed by atoms with Crippen molar-refractivity contribution in [3.63, 3.8) is 0 Å². The highest BCUT2D eigenvalue weighted by atomic mass is 16.5. The SMILES string of the molecule is COCCNc1c(-c2cc3cc(C)cc(C)c3[nH]c2=O)nc2ccc(C)cn12. The minimum atomic E-state index is -0.144. The molecule has 0 aliphatic heterocycles. The van der Waals surface area contributed by atoms with Crippen LogP contribution in [-0.2, 0) is 4.74 Å². The van der Waals surface area contributed by atoms with Crippen LogP contribution in [0.15, 0.2) is 41.3 Å². The maximum atomic E-state index is 12.9. The van der Waals surface area contributed by atoms with Crippen LogP contribution >= 0.6 is 0 Å². The molecule has 3 heterocycles. The number of ether oxygens (including phenoxy) is 1. The Kier molecular flexibility index (Phi) is 4.65. The van der Waals surface area contributed by atoms with Crippen LogP contribution in [0, 0.1) is 20.8 Å². The molecule has 6 nitrogen and oxygen atoms in total. The van der Waals surface area contributed by atoms with Gasteiger partial charge in [0.05, 0.1) is 17.7 Å². The number of hydrogen-bond acceptors (Lipinski definition) is 4. The van der Waals surface area contributed by atoms with Crippen molar-refractivity contribution in [2.45, 2.75) is 20.8 Å². The van der Waals surface area contributed by atoms with Crippen LogP contribution in [0.25, 0.3) is 27.8 Å². The second-order valence-corrected chi connectivity index (χ2v) is 7.22. The fourth-order valence-electron chi connectivity index (χ4n) is 3.64. The van der Waals surface area contributed by atoms with Gasteiger partial charge in [-0.3, -0.25) is 9.20 Å². The van der Waals surface area contributed by atoms with Gasteiger partial charge in [-0.1, -0.05) is 17.7 Å². The Labute approximate surface area is 163 Å². The maximum absolute atomic E-state index is 12.9. The summed E-state index contributed by atoms with van der Waals surface area (Å²) in [5.41, 5.74) is 6.05. The first-order valence-electron chi connectivity index (χ1n) is 9.34. The lowest BCUT2D eigenvalue weighted by atomic mass is 10.0. The molecule has 3 aromatic heterocycles. The first-order chi connectivity index (χ1) is 13.5. The number of H-pyrrole nitrogens is 1. The molecule has 4 aromatic rings. The molecule has 2 N–H and O–H groups in total. The number of pyridine rings is 2. The van der Waals surface area contributed by atoms with Gasteiger partial charge < -0.3 is 15.0 Å². The molecule has 4 rings (SSSR count). The Hall–Kier alpha value is -3.12. The number of anilines is 1. The Morgan fingerprint density at radius 2 is 1.96 bits per heavy atom. The quantitative estimate of drug-likeness (QED) is 0.519. The average Bonchev–Trinajstić information content (AvgIpc) is 3.00. The van der Waals surface area contributed by atoms with E-state index in [1.165, 1.54) is 0 Å². The van der Waals surface area contributed by atoms with E-state index in [0.29, 0.717) is 24.4 Å². The zero-order valence-electron chi connectivity index (χ0n) is 16.6. The highest BCUT2D eigenvalue weighted by Crippen LogP contribution is 2.29. The third kappa shape index (κ3) is 3.16. The lowest BCUT2D eigenvalue weighted by Gasteiger charge is -2.10. The molecular weight excluding hydrogens is 352 g/mol. The number of benzene rings is 1. The van der Waals surface area contributed by atoms with E-state index >= 15 is 0 Å². The second-order valence-electron chi connectivity index (χ2n) is 7.22. The molecule has 144 valence electrons. The molecule has 0 saturated heterocycles. The van der Waals surface area contributed by atoms with Gasteiger partial charge in [-0.15, -0.1) is 0 Å². The number of aromatic nitrogens is 3. The molecule has 0 aliphatic carbocycles. The summed E-state index contributed by atoms with van der Waals surface area (Å²) in [6, 6.07) is 10.1. The summed E-state index contributed by atoms with van der Waals surface area (Å²) in [7, 11) is 1.67. The molecule has 0 unspecified atom stereocenters. The minimum Gasteiger partial charge on any atom is -0.383 e. The van der Waals surface area contributed by atoms with Crippen molar-refractivity contribution in [1.82, 2.24) is 14.4 Å². The smallest absolute Gasteiger partial charge is 0.258 e. The summed E-state index contributed by atoms with van der Waals surface area (Å²) < 4.78 is 7.16. The van der Waals surface area contributed by atoms with E-state index in [1.54, 1.807) is 7.11 Å². The lowest BCUT2D eigenvalue weighted by Crippen LogP contribution is -2.13. The number of nitrogens with zero attached hydrogens (tertiary/aromatic N) is 2. The molecule has 0 amide bonds. The van der Waals surface area contributed by atoms with E-state index in [9.17, 15) is 4.79 Å². The molecule has 0 saturated carbocycles. The summed E-state index contributed by atoms with van der Waals surface area (Å²) in [4.78, 5) is 20.7. The Morgan fingerprint density at radius 1 is 1.14 bits per heavy atom. The van der Waals surface area contributed by atoms with Crippen molar-refractivity contribution in [3.05, 3.63) is 63.6 Å². The highest BCUT2D eigenvalue weighted by Gasteiger charge is 2.18. The molecular formula is C22H24N4O2. The molecule has 0 radical (unpaired) electrons. The zero-order valence-corrected chi connectivity index (χ0v) is 16.6. The Morgan fingerprint density at radius 3 is 2.75 bits per heavy atom. The normalized spacial score (nSPS) is 11.4. The van der Waals surface area contributed by atoms with Crippen molar-refractivity contribution in [2.75, 3.05) is 25.6 Å². The third-order valence-corrected chi connectivity index (χ3v) is 4.91. The van der Waals surface area contributed by atoms with Crippen molar-refractivity contribution in [3.8, 4) is 11.3 Å². The average molecular weight is 376 g/mol. The topological polar surface area (TPSA) is 71.4 Å². The van der Waals surface area contributed by atoms with E-state index in [4.69, 9.17) is 9.72 Å². The summed E-state index contributed by atoms with van der Waals surface area (Å²) >= 11 is 0. The van der Waals surface area contributed by atoms with Gasteiger partial charge >= 0.3 is 0 Å². The van der Waals surface area contributed by atoms with Crippen molar-refractivity contribution in [2.24, 2.45) is 0 Å². The molecule has 28 heavy (non-hydrogen) atoms. The Bertz CT molecular complexity index is 1240. The van der Waals surface area contributed by atoms with Crippen LogP contribution in [-0.4, -0.2) is 34.6 Å². The molecule has 6 heteroatoms.